The number of hydrogen-bond acceptors (Lipinski definition) is 6. The Morgan fingerprint density at radius 2 is 1.89 bits per heavy atom. The van der Waals surface area contributed by atoms with Crippen molar-refractivity contribution in [3.05, 3.63) is 59.7 Å². The van der Waals surface area contributed by atoms with Crippen LogP contribution in [0.5, 0.6) is 5.75 Å². The Labute approximate surface area is 164 Å². The molecule has 0 saturated carbocycles. The highest BCUT2D eigenvalue weighted by Crippen LogP contribution is 2.37. The molecule has 2 heterocycles. The SMILES string of the molecule is COc1ccc(N(Cc2ccccc2C)C2=N[C@@H]3CS(=O)(=O)C[C@@H]3S2)cc1. The monoisotopic (exact) mass is 402 g/mol. The van der Waals surface area contributed by atoms with Crippen molar-refractivity contribution < 1.29 is 13.2 Å². The molecule has 2 aliphatic rings. The fourth-order valence-electron chi connectivity index (χ4n) is 3.46. The average Bonchev–Trinajstić information content (AvgIpc) is 3.14. The van der Waals surface area contributed by atoms with Gasteiger partial charge in [-0.1, -0.05) is 36.0 Å². The summed E-state index contributed by atoms with van der Waals surface area (Å²) in [7, 11) is -1.31. The van der Waals surface area contributed by atoms with E-state index in [9.17, 15) is 8.42 Å². The Morgan fingerprint density at radius 1 is 1.15 bits per heavy atom. The number of amidine groups is 1. The number of thioether (sulfide) groups is 1. The van der Waals surface area contributed by atoms with E-state index < -0.39 is 9.84 Å². The summed E-state index contributed by atoms with van der Waals surface area (Å²) in [6.45, 7) is 2.80. The lowest BCUT2D eigenvalue weighted by Crippen LogP contribution is -2.28. The van der Waals surface area contributed by atoms with Crippen LogP contribution in [0.15, 0.2) is 53.5 Å². The fourth-order valence-corrected chi connectivity index (χ4v) is 7.24. The summed E-state index contributed by atoms with van der Waals surface area (Å²) in [6, 6.07) is 16.1. The topological polar surface area (TPSA) is 59.0 Å². The van der Waals surface area contributed by atoms with E-state index in [0.717, 1.165) is 16.6 Å². The van der Waals surface area contributed by atoms with Crippen LogP contribution in [0.1, 0.15) is 11.1 Å². The maximum Gasteiger partial charge on any atom is 0.164 e. The summed E-state index contributed by atoms with van der Waals surface area (Å²) in [4.78, 5) is 6.96. The van der Waals surface area contributed by atoms with Crippen LogP contribution in [0.3, 0.4) is 0 Å². The molecule has 2 aliphatic heterocycles. The van der Waals surface area contributed by atoms with Gasteiger partial charge in [-0.2, -0.15) is 0 Å². The zero-order chi connectivity index (χ0) is 19.0. The van der Waals surface area contributed by atoms with E-state index in [2.05, 4.69) is 24.0 Å². The molecule has 0 radical (unpaired) electrons. The third kappa shape index (κ3) is 3.84. The van der Waals surface area contributed by atoms with Gasteiger partial charge < -0.3 is 9.64 Å². The molecule has 4 rings (SSSR count). The molecular formula is C20H22N2O3S2. The summed E-state index contributed by atoms with van der Waals surface area (Å²) in [6.07, 6.45) is 0. The van der Waals surface area contributed by atoms with Crippen molar-refractivity contribution in [1.29, 1.82) is 0 Å². The van der Waals surface area contributed by atoms with Gasteiger partial charge in [0.1, 0.15) is 5.75 Å². The number of nitrogens with zero attached hydrogens (tertiary/aromatic N) is 2. The second kappa shape index (κ2) is 7.20. The minimum absolute atomic E-state index is 0.0302. The molecule has 1 saturated heterocycles. The first kappa shape index (κ1) is 18.4. The highest BCUT2D eigenvalue weighted by molar-refractivity contribution is 8.15. The Bertz CT molecular complexity index is 971. The van der Waals surface area contributed by atoms with Gasteiger partial charge in [0.05, 0.1) is 31.2 Å². The molecule has 0 unspecified atom stereocenters. The lowest BCUT2D eigenvalue weighted by Gasteiger charge is -2.25. The van der Waals surface area contributed by atoms with Gasteiger partial charge >= 0.3 is 0 Å². The molecule has 2 aromatic carbocycles. The summed E-state index contributed by atoms with van der Waals surface area (Å²) in [5.74, 6) is 1.18. The van der Waals surface area contributed by atoms with Crippen LogP contribution in [-0.4, -0.2) is 43.5 Å². The standard InChI is InChI=1S/C20H22N2O3S2/c1-14-5-3-4-6-15(14)11-22(16-7-9-17(25-2)10-8-16)20-21-18-12-27(23,24)13-19(18)26-20/h3-10,18-19H,11-13H2,1-2H3/t18-,19+/m1/s1. The van der Waals surface area contributed by atoms with Crippen molar-refractivity contribution in [2.75, 3.05) is 23.5 Å². The predicted molar refractivity (Wildman–Crippen MR) is 112 cm³/mol. The van der Waals surface area contributed by atoms with Gasteiger partial charge in [0, 0.05) is 10.9 Å². The largest absolute Gasteiger partial charge is 0.497 e. The number of ether oxygens (including phenoxy) is 1. The minimum atomic E-state index is -2.96. The van der Waals surface area contributed by atoms with Crippen LogP contribution in [0.25, 0.3) is 0 Å². The van der Waals surface area contributed by atoms with E-state index in [-0.39, 0.29) is 22.8 Å². The van der Waals surface area contributed by atoms with E-state index in [1.54, 1.807) is 18.9 Å². The number of anilines is 1. The number of benzene rings is 2. The first-order valence-electron chi connectivity index (χ1n) is 8.86. The molecule has 0 aromatic heterocycles. The quantitative estimate of drug-likeness (QED) is 0.786. The Kier molecular flexibility index (Phi) is 4.90. The second-order valence-electron chi connectivity index (χ2n) is 6.92. The van der Waals surface area contributed by atoms with Gasteiger partial charge in [-0.05, 0) is 42.3 Å². The van der Waals surface area contributed by atoms with E-state index in [0.29, 0.717) is 6.54 Å². The van der Waals surface area contributed by atoms with Crippen molar-refractivity contribution in [3.63, 3.8) is 0 Å². The van der Waals surface area contributed by atoms with Gasteiger partial charge in [0.2, 0.25) is 0 Å². The summed E-state index contributed by atoms with van der Waals surface area (Å²) in [5.41, 5.74) is 3.47. The van der Waals surface area contributed by atoms with E-state index in [1.165, 1.54) is 11.1 Å². The maximum atomic E-state index is 11.9. The molecule has 27 heavy (non-hydrogen) atoms. The lowest BCUT2D eigenvalue weighted by atomic mass is 10.1. The van der Waals surface area contributed by atoms with Crippen molar-refractivity contribution in [2.45, 2.75) is 24.8 Å². The number of hydrogen-bond donors (Lipinski definition) is 0. The Balaban J connectivity index is 1.67. The number of sulfone groups is 1. The fraction of sp³-hybridized carbons (Fsp3) is 0.350. The van der Waals surface area contributed by atoms with Crippen molar-refractivity contribution in [3.8, 4) is 5.75 Å². The molecule has 142 valence electrons. The van der Waals surface area contributed by atoms with E-state index in [4.69, 9.17) is 9.73 Å². The smallest absolute Gasteiger partial charge is 0.164 e. The second-order valence-corrected chi connectivity index (χ2v) is 10.3. The van der Waals surface area contributed by atoms with Crippen LogP contribution < -0.4 is 9.64 Å². The highest BCUT2D eigenvalue weighted by Gasteiger charge is 2.44. The molecule has 0 aliphatic carbocycles. The molecule has 7 heteroatoms. The van der Waals surface area contributed by atoms with Crippen LogP contribution in [0, 0.1) is 6.92 Å². The maximum absolute atomic E-state index is 11.9. The molecule has 0 N–H and O–H groups in total. The molecule has 2 aromatic rings. The lowest BCUT2D eigenvalue weighted by molar-refractivity contribution is 0.415. The zero-order valence-electron chi connectivity index (χ0n) is 15.3. The van der Waals surface area contributed by atoms with Crippen molar-refractivity contribution >= 4 is 32.5 Å². The molecular weight excluding hydrogens is 380 g/mol. The summed E-state index contributed by atoms with van der Waals surface area (Å²) in [5, 5.41) is 0.927. The molecule has 1 fully saturated rings. The van der Waals surface area contributed by atoms with Gasteiger partial charge in [-0.3, -0.25) is 4.99 Å². The van der Waals surface area contributed by atoms with Crippen molar-refractivity contribution in [2.24, 2.45) is 4.99 Å². The normalized spacial score (nSPS) is 23.0. The Morgan fingerprint density at radius 3 is 2.56 bits per heavy atom. The third-order valence-electron chi connectivity index (χ3n) is 5.01. The number of aliphatic imine (C=N–C) groups is 1. The summed E-state index contributed by atoms with van der Waals surface area (Å²) >= 11 is 1.59. The number of rotatable bonds is 4. The van der Waals surface area contributed by atoms with E-state index >= 15 is 0 Å². The van der Waals surface area contributed by atoms with Crippen LogP contribution in [0.2, 0.25) is 0 Å². The van der Waals surface area contributed by atoms with Gasteiger partial charge in [-0.15, -0.1) is 0 Å². The van der Waals surface area contributed by atoms with Crippen LogP contribution in [0.4, 0.5) is 5.69 Å². The Hall–Kier alpha value is -1.99. The molecule has 0 amide bonds. The van der Waals surface area contributed by atoms with Gasteiger partial charge in [-0.25, -0.2) is 8.42 Å². The first-order chi connectivity index (χ1) is 12.9. The van der Waals surface area contributed by atoms with Crippen molar-refractivity contribution in [1.82, 2.24) is 0 Å². The number of fused-ring (bicyclic) bond motifs is 1. The van der Waals surface area contributed by atoms with Gasteiger partial charge in [0.15, 0.2) is 15.0 Å². The number of methoxy groups -OCH3 is 1. The van der Waals surface area contributed by atoms with Crippen LogP contribution in [-0.2, 0) is 16.4 Å². The molecule has 0 spiro atoms. The first-order valence-corrected chi connectivity index (χ1v) is 11.6. The van der Waals surface area contributed by atoms with E-state index in [1.807, 2.05) is 36.4 Å². The van der Waals surface area contributed by atoms with Crippen LogP contribution >= 0.6 is 11.8 Å². The zero-order valence-corrected chi connectivity index (χ0v) is 17.0. The predicted octanol–water partition coefficient (Wildman–Crippen LogP) is 3.28. The number of aryl methyl sites for hydroxylation is 1. The minimum Gasteiger partial charge on any atom is -0.497 e. The average molecular weight is 403 g/mol. The summed E-state index contributed by atoms with van der Waals surface area (Å²) < 4.78 is 29.0. The third-order valence-corrected chi connectivity index (χ3v) is 8.26. The molecule has 5 nitrogen and oxygen atoms in total. The van der Waals surface area contributed by atoms with Gasteiger partial charge in [0.25, 0.3) is 0 Å². The molecule has 0 bridgehead atoms. The molecule has 2 atom stereocenters. The highest BCUT2D eigenvalue weighted by atomic mass is 32.2.